The Kier molecular flexibility index (Phi) is 3.92. The lowest BCUT2D eigenvalue weighted by Crippen LogP contribution is -2.04. The minimum atomic E-state index is 0.378. The lowest BCUT2D eigenvalue weighted by atomic mass is 10.0. The normalized spacial score (nSPS) is 10.4. The fraction of sp³-hybridized carbons (Fsp3) is 0.400. The maximum absolute atomic E-state index is 5.30. The van der Waals surface area contributed by atoms with Crippen LogP contribution in [0.4, 0.5) is 0 Å². The van der Waals surface area contributed by atoms with Crippen molar-refractivity contribution in [2.75, 3.05) is 7.11 Å². The van der Waals surface area contributed by atoms with Crippen molar-refractivity contribution in [3.63, 3.8) is 0 Å². The number of halogens is 1. The molecule has 0 saturated carbocycles. The summed E-state index contributed by atoms with van der Waals surface area (Å²) < 4.78 is 6.30. The number of ether oxygens (including phenoxy) is 1. The molecule has 0 spiro atoms. The maximum Gasteiger partial charge on any atom is 0.125 e. The zero-order valence-electron chi connectivity index (χ0n) is 8.56. The molecule has 1 rings (SSSR count). The van der Waals surface area contributed by atoms with Gasteiger partial charge in [0.25, 0.3) is 0 Å². The molecule has 2 N–H and O–H groups in total. The first-order valence-corrected chi connectivity index (χ1v) is 5.05. The molecule has 3 nitrogen and oxygen atoms in total. The summed E-state index contributed by atoms with van der Waals surface area (Å²) in [5.74, 6) is 5.96. The van der Waals surface area contributed by atoms with E-state index in [2.05, 4.69) is 20.8 Å². The van der Waals surface area contributed by atoms with Crippen LogP contribution >= 0.6 is 15.9 Å². The second kappa shape index (κ2) is 4.77. The Morgan fingerprint density at radius 3 is 2.57 bits per heavy atom. The summed E-state index contributed by atoms with van der Waals surface area (Å²) in [7, 11) is 1.66. The molecule has 14 heavy (non-hydrogen) atoms. The highest BCUT2D eigenvalue weighted by Crippen LogP contribution is 2.32. The van der Waals surface area contributed by atoms with Gasteiger partial charge in [-0.05, 0) is 31.0 Å². The maximum atomic E-state index is 5.30. The van der Waals surface area contributed by atoms with Crippen LogP contribution < -0.4 is 10.6 Å². The Morgan fingerprint density at radius 2 is 2.07 bits per heavy atom. The number of hydrogen-bond acceptors (Lipinski definition) is 3. The van der Waals surface area contributed by atoms with Gasteiger partial charge in [0.1, 0.15) is 5.75 Å². The number of methoxy groups -OCH3 is 1. The van der Waals surface area contributed by atoms with Crippen molar-refractivity contribution in [1.82, 2.24) is 0 Å². The van der Waals surface area contributed by atoms with Crippen LogP contribution in [0.25, 0.3) is 0 Å². The Balaban J connectivity index is 3.28. The first-order valence-electron chi connectivity index (χ1n) is 4.26. The van der Waals surface area contributed by atoms with Crippen LogP contribution in [0, 0.1) is 13.8 Å². The molecule has 4 heteroatoms. The Hall–Kier alpha value is -0.580. The molecule has 0 bridgehead atoms. The van der Waals surface area contributed by atoms with Gasteiger partial charge in [0.15, 0.2) is 0 Å². The van der Waals surface area contributed by atoms with Crippen LogP contribution in [0.2, 0.25) is 0 Å². The van der Waals surface area contributed by atoms with Gasteiger partial charge in [-0.15, -0.1) is 0 Å². The first-order chi connectivity index (χ1) is 6.61. The van der Waals surface area contributed by atoms with Gasteiger partial charge < -0.3 is 4.74 Å². The molecular formula is C10H14BrNO2. The fourth-order valence-electron chi connectivity index (χ4n) is 1.53. The fourth-order valence-corrected chi connectivity index (χ4v) is 2.28. The highest BCUT2D eigenvalue weighted by atomic mass is 79.9. The summed E-state index contributed by atoms with van der Waals surface area (Å²) in [6.07, 6.45) is 0. The van der Waals surface area contributed by atoms with Crippen molar-refractivity contribution < 1.29 is 9.57 Å². The molecule has 0 aliphatic heterocycles. The van der Waals surface area contributed by atoms with E-state index >= 15 is 0 Å². The molecule has 0 saturated heterocycles. The molecule has 0 fully saturated rings. The van der Waals surface area contributed by atoms with Gasteiger partial charge in [0.2, 0.25) is 0 Å². The predicted octanol–water partition coefficient (Wildman–Crippen LogP) is 2.46. The highest BCUT2D eigenvalue weighted by molar-refractivity contribution is 9.10. The van der Waals surface area contributed by atoms with Crippen LogP contribution in [0.1, 0.15) is 16.7 Å². The van der Waals surface area contributed by atoms with Crippen molar-refractivity contribution in [2.24, 2.45) is 5.90 Å². The van der Waals surface area contributed by atoms with Crippen LogP contribution in [0.3, 0.4) is 0 Å². The molecule has 0 aromatic heterocycles. The molecule has 0 atom stereocenters. The molecule has 0 heterocycles. The largest absolute Gasteiger partial charge is 0.496 e. The third-order valence-corrected chi connectivity index (χ3v) is 2.92. The summed E-state index contributed by atoms with van der Waals surface area (Å²) >= 11 is 3.47. The van der Waals surface area contributed by atoms with Gasteiger partial charge in [-0.25, -0.2) is 5.90 Å². The molecule has 0 aliphatic carbocycles. The molecule has 1 aromatic rings. The van der Waals surface area contributed by atoms with Crippen molar-refractivity contribution >= 4 is 15.9 Å². The minimum absolute atomic E-state index is 0.378. The number of benzene rings is 1. The van der Waals surface area contributed by atoms with Crippen molar-refractivity contribution in [3.8, 4) is 5.75 Å². The highest BCUT2D eigenvalue weighted by Gasteiger charge is 2.11. The Labute approximate surface area is 92.3 Å². The lowest BCUT2D eigenvalue weighted by molar-refractivity contribution is 0.123. The van der Waals surface area contributed by atoms with Crippen molar-refractivity contribution in [3.05, 3.63) is 27.2 Å². The van der Waals surface area contributed by atoms with Gasteiger partial charge in [-0.2, -0.15) is 0 Å². The van der Waals surface area contributed by atoms with E-state index in [1.807, 2.05) is 19.9 Å². The number of nitrogens with two attached hydrogens (primary N) is 1. The van der Waals surface area contributed by atoms with Crippen LogP contribution in [0.15, 0.2) is 10.5 Å². The van der Waals surface area contributed by atoms with Gasteiger partial charge in [-0.3, -0.25) is 4.84 Å². The number of rotatable bonds is 3. The molecule has 0 aliphatic rings. The lowest BCUT2D eigenvalue weighted by Gasteiger charge is -2.14. The number of hydrogen-bond donors (Lipinski definition) is 1. The first kappa shape index (κ1) is 11.5. The monoisotopic (exact) mass is 259 g/mol. The topological polar surface area (TPSA) is 44.5 Å². The molecule has 1 aromatic carbocycles. The van der Waals surface area contributed by atoms with E-state index in [1.54, 1.807) is 7.11 Å². The zero-order chi connectivity index (χ0) is 10.7. The minimum Gasteiger partial charge on any atom is -0.496 e. The predicted molar refractivity (Wildman–Crippen MR) is 59.1 cm³/mol. The van der Waals surface area contributed by atoms with Gasteiger partial charge in [0, 0.05) is 10.0 Å². The van der Waals surface area contributed by atoms with Gasteiger partial charge in [-0.1, -0.05) is 15.9 Å². The van der Waals surface area contributed by atoms with Crippen molar-refractivity contribution in [2.45, 2.75) is 20.5 Å². The SMILES string of the molecule is COc1c(C)cc(Br)c(CON)c1C. The summed E-state index contributed by atoms with van der Waals surface area (Å²) in [6, 6.07) is 2.00. The zero-order valence-corrected chi connectivity index (χ0v) is 10.1. The molecule has 78 valence electrons. The molecule has 0 radical (unpaired) electrons. The Bertz CT molecular complexity index is 339. The second-order valence-electron chi connectivity index (χ2n) is 3.12. The van der Waals surface area contributed by atoms with Gasteiger partial charge >= 0.3 is 0 Å². The van der Waals surface area contributed by atoms with E-state index in [0.717, 1.165) is 26.9 Å². The average Bonchev–Trinajstić information content (AvgIpc) is 2.12. The van der Waals surface area contributed by atoms with Crippen LogP contribution in [-0.2, 0) is 11.4 Å². The van der Waals surface area contributed by atoms with E-state index < -0.39 is 0 Å². The molecular weight excluding hydrogens is 246 g/mol. The standard InChI is InChI=1S/C10H14BrNO2/c1-6-4-9(11)8(5-14-12)7(2)10(6)13-3/h4H,5,12H2,1-3H3. The smallest absolute Gasteiger partial charge is 0.125 e. The summed E-state index contributed by atoms with van der Waals surface area (Å²) in [5.41, 5.74) is 3.18. The second-order valence-corrected chi connectivity index (χ2v) is 3.98. The molecule has 0 unspecified atom stereocenters. The summed E-state index contributed by atoms with van der Waals surface area (Å²) in [5, 5.41) is 0. The summed E-state index contributed by atoms with van der Waals surface area (Å²) in [4.78, 5) is 4.64. The third kappa shape index (κ3) is 2.08. The number of aryl methyl sites for hydroxylation is 1. The van der Waals surface area contributed by atoms with E-state index in [1.165, 1.54) is 0 Å². The summed E-state index contributed by atoms with van der Waals surface area (Å²) in [6.45, 7) is 4.37. The van der Waals surface area contributed by atoms with E-state index in [0.29, 0.717) is 6.61 Å². The van der Waals surface area contributed by atoms with E-state index in [4.69, 9.17) is 10.6 Å². The Morgan fingerprint density at radius 1 is 1.43 bits per heavy atom. The quantitative estimate of drug-likeness (QED) is 0.849. The molecule has 0 amide bonds. The average molecular weight is 260 g/mol. The van der Waals surface area contributed by atoms with Crippen molar-refractivity contribution in [1.29, 1.82) is 0 Å². The van der Waals surface area contributed by atoms with E-state index in [-0.39, 0.29) is 0 Å². The van der Waals surface area contributed by atoms with E-state index in [9.17, 15) is 0 Å². The van der Waals surface area contributed by atoms with Gasteiger partial charge in [0.05, 0.1) is 13.7 Å². The third-order valence-electron chi connectivity index (χ3n) is 2.21. The van der Waals surface area contributed by atoms with Crippen LogP contribution in [0.5, 0.6) is 5.75 Å². The van der Waals surface area contributed by atoms with Crippen LogP contribution in [-0.4, -0.2) is 7.11 Å².